The molecule has 1 aromatic carbocycles. The lowest BCUT2D eigenvalue weighted by molar-refractivity contribution is 0.548. The second-order valence-corrected chi connectivity index (χ2v) is 5.25. The molecule has 100 valence electrons. The van der Waals surface area contributed by atoms with Crippen LogP contribution in [0.3, 0.4) is 0 Å². The predicted molar refractivity (Wildman–Crippen MR) is 77.0 cm³/mol. The zero-order chi connectivity index (χ0) is 12.9. The maximum absolute atomic E-state index is 4.32. The third-order valence-corrected chi connectivity index (χ3v) is 3.87. The Bertz CT molecular complexity index is 498. The highest BCUT2D eigenvalue weighted by atomic mass is 15.1. The first-order valence-electron chi connectivity index (χ1n) is 7.21. The molecule has 1 saturated heterocycles. The van der Waals surface area contributed by atoms with Gasteiger partial charge in [0, 0.05) is 18.8 Å². The van der Waals surface area contributed by atoms with Gasteiger partial charge in [0.25, 0.3) is 0 Å². The van der Waals surface area contributed by atoms with Gasteiger partial charge in [-0.3, -0.25) is 0 Å². The smallest absolute Gasteiger partial charge is 0.0948 e. The number of aryl methyl sites for hydroxylation is 2. The molecule has 1 aromatic heterocycles. The standard InChI is InChI=1S/C16H21N3/c1-2-6-14(7-3-1)8-5-11-19-13-17-12-16(19)15-9-4-10-18-15/h1-3,6-7,12-13,15,18H,4-5,8-11H2. The average molecular weight is 255 g/mol. The van der Waals surface area contributed by atoms with Crippen LogP contribution in [0.4, 0.5) is 0 Å². The molecule has 0 amide bonds. The van der Waals surface area contributed by atoms with E-state index in [-0.39, 0.29) is 0 Å². The van der Waals surface area contributed by atoms with Crippen molar-refractivity contribution in [3.63, 3.8) is 0 Å². The first kappa shape index (κ1) is 12.4. The topological polar surface area (TPSA) is 29.9 Å². The lowest BCUT2D eigenvalue weighted by atomic mass is 10.1. The summed E-state index contributed by atoms with van der Waals surface area (Å²) >= 11 is 0. The molecule has 3 heteroatoms. The highest BCUT2D eigenvalue weighted by Crippen LogP contribution is 2.22. The van der Waals surface area contributed by atoms with Gasteiger partial charge in [-0.25, -0.2) is 4.98 Å². The molecule has 1 unspecified atom stereocenters. The van der Waals surface area contributed by atoms with Crippen molar-refractivity contribution in [1.82, 2.24) is 14.9 Å². The van der Waals surface area contributed by atoms with E-state index in [1.54, 1.807) is 0 Å². The van der Waals surface area contributed by atoms with E-state index in [4.69, 9.17) is 0 Å². The van der Waals surface area contributed by atoms with Crippen molar-refractivity contribution in [2.45, 2.75) is 38.3 Å². The van der Waals surface area contributed by atoms with Gasteiger partial charge < -0.3 is 9.88 Å². The molecule has 1 atom stereocenters. The second kappa shape index (κ2) is 6.02. The summed E-state index contributed by atoms with van der Waals surface area (Å²) in [6, 6.07) is 11.2. The third-order valence-electron chi connectivity index (χ3n) is 3.87. The Morgan fingerprint density at radius 3 is 2.95 bits per heavy atom. The van der Waals surface area contributed by atoms with Gasteiger partial charge in [0.05, 0.1) is 12.0 Å². The van der Waals surface area contributed by atoms with Gasteiger partial charge in [-0.2, -0.15) is 0 Å². The van der Waals surface area contributed by atoms with Gasteiger partial charge in [0.15, 0.2) is 0 Å². The molecule has 1 N–H and O–H groups in total. The van der Waals surface area contributed by atoms with Crippen LogP contribution in [-0.4, -0.2) is 16.1 Å². The number of nitrogens with zero attached hydrogens (tertiary/aromatic N) is 2. The van der Waals surface area contributed by atoms with Gasteiger partial charge in [-0.1, -0.05) is 30.3 Å². The average Bonchev–Trinajstić information content (AvgIpc) is 3.10. The molecule has 0 aliphatic carbocycles. The molecule has 0 radical (unpaired) electrons. The summed E-state index contributed by atoms with van der Waals surface area (Å²) in [5.74, 6) is 0. The summed E-state index contributed by atoms with van der Waals surface area (Å²) in [5.41, 5.74) is 2.77. The largest absolute Gasteiger partial charge is 0.333 e. The van der Waals surface area contributed by atoms with E-state index in [1.165, 1.54) is 30.5 Å². The maximum atomic E-state index is 4.32. The minimum Gasteiger partial charge on any atom is -0.333 e. The lowest BCUT2D eigenvalue weighted by Gasteiger charge is -2.13. The molecule has 1 aliphatic heterocycles. The fourth-order valence-electron chi connectivity index (χ4n) is 2.84. The van der Waals surface area contributed by atoms with Crippen molar-refractivity contribution in [1.29, 1.82) is 0 Å². The molecule has 2 aromatic rings. The van der Waals surface area contributed by atoms with Gasteiger partial charge >= 0.3 is 0 Å². The van der Waals surface area contributed by atoms with E-state index < -0.39 is 0 Å². The Labute approximate surface area is 114 Å². The molecule has 2 heterocycles. The third kappa shape index (κ3) is 3.04. The fraction of sp³-hybridized carbons (Fsp3) is 0.438. The van der Waals surface area contributed by atoms with Crippen LogP contribution in [0.25, 0.3) is 0 Å². The van der Waals surface area contributed by atoms with Crippen LogP contribution in [0, 0.1) is 0 Å². The molecule has 0 saturated carbocycles. The highest BCUT2D eigenvalue weighted by Gasteiger charge is 2.19. The maximum Gasteiger partial charge on any atom is 0.0948 e. The number of rotatable bonds is 5. The van der Waals surface area contributed by atoms with Crippen LogP contribution >= 0.6 is 0 Å². The Kier molecular flexibility index (Phi) is 3.94. The number of hydrogen-bond donors (Lipinski definition) is 1. The van der Waals surface area contributed by atoms with Crippen molar-refractivity contribution in [2.24, 2.45) is 0 Å². The van der Waals surface area contributed by atoms with E-state index in [1.807, 2.05) is 12.5 Å². The number of benzene rings is 1. The summed E-state index contributed by atoms with van der Waals surface area (Å²) in [6.45, 7) is 2.20. The predicted octanol–water partition coefficient (Wildman–Crippen LogP) is 2.94. The van der Waals surface area contributed by atoms with Crippen LogP contribution in [-0.2, 0) is 13.0 Å². The molecule has 1 aliphatic rings. The molecular weight excluding hydrogens is 234 g/mol. The van der Waals surface area contributed by atoms with Crippen molar-refractivity contribution in [3.8, 4) is 0 Å². The highest BCUT2D eigenvalue weighted by molar-refractivity contribution is 5.14. The quantitative estimate of drug-likeness (QED) is 0.890. The SMILES string of the molecule is c1ccc(CCCn2cncc2C2CCCN2)cc1. The fourth-order valence-corrected chi connectivity index (χ4v) is 2.84. The Hall–Kier alpha value is -1.61. The van der Waals surface area contributed by atoms with E-state index in [0.717, 1.165) is 19.5 Å². The Morgan fingerprint density at radius 2 is 2.16 bits per heavy atom. The first-order chi connectivity index (χ1) is 9.43. The van der Waals surface area contributed by atoms with Crippen LogP contribution in [0.15, 0.2) is 42.9 Å². The zero-order valence-electron chi connectivity index (χ0n) is 11.3. The van der Waals surface area contributed by atoms with E-state index in [0.29, 0.717) is 6.04 Å². The van der Waals surface area contributed by atoms with E-state index in [9.17, 15) is 0 Å². The normalized spacial score (nSPS) is 18.8. The molecular formula is C16H21N3. The van der Waals surface area contributed by atoms with Crippen LogP contribution in [0.5, 0.6) is 0 Å². The van der Waals surface area contributed by atoms with Crippen molar-refractivity contribution in [3.05, 3.63) is 54.1 Å². The molecule has 3 rings (SSSR count). The monoisotopic (exact) mass is 255 g/mol. The Balaban J connectivity index is 1.57. The molecule has 3 nitrogen and oxygen atoms in total. The van der Waals surface area contributed by atoms with Crippen LogP contribution < -0.4 is 5.32 Å². The summed E-state index contributed by atoms with van der Waals surface area (Å²) in [5, 5.41) is 3.55. The molecule has 0 bridgehead atoms. The summed E-state index contributed by atoms with van der Waals surface area (Å²) in [7, 11) is 0. The number of aromatic nitrogens is 2. The van der Waals surface area contributed by atoms with Crippen molar-refractivity contribution < 1.29 is 0 Å². The number of nitrogens with one attached hydrogen (secondary N) is 1. The van der Waals surface area contributed by atoms with Gasteiger partial charge in [0.1, 0.15) is 0 Å². The van der Waals surface area contributed by atoms with E-state index in [2.05, 4.69) is 45.2 Å². The Morgan fingerprint density at radius 1 is 1.26 bits per heavy atom. The first-order valence-corrected chi connectivity index (χ1v) is 7.21. The summed E-state index contributed by atoms with van der Waals surface area (Å²) in [6.07, 6.45) is 8.81. The summed E-state index contributed by atoms with van der Waals surface area (Å²) in [4.78, 5) is 4.32. The lowest BCUT2D eigenvalue weighted by Crippen LogP contribution is -2.17. The molecule has 19 heavy (non-hydrogen) atoms. The van der Waals surface area contributed by atoms with Crippen LogP contribution in [0.2, 0.25) is 0 Å². The molecule has 0 spiro atoms. The van der Waals surface area contributed by atoms with Gasteiger partial charge in [0.2, 0.25) is 0 Å². The minimum atomic E-state index is 0.513. The second-order valence-electron chi connectivity index (χ2n) is 5.25. The number of hydrogen-bond acceptors (Lipinski definition) is 2. The van der Waals surface area contributed by atoms with E-state index >= 15 is 0 Å². The van der Waals surface area contributed by atoms with Crippen molar-refractivity contribution >= 4 is 0 Å². The van der Waals surface area contributed by atoms with Gasteiger partial charge in [-0.05, 0) is 37.8 Å². The van der Waals surface area contributed by atoms with Crippen LogP contribution in [0.1, 0.15) is 36.6 Å². The summed E-state index contributed by atoms with van der Waals surface area (Å²) < 4.78 is 2.31. The number of imidazole rings is 1. The molecule has 1 fully saturated rings. The van der Waals surface area contributed by atoms with Crippen molar-refractivity contribution in [2.75, 3.05) is 6.54 Å². The zero-order valence-corrected chi connectivity index (χ0v) is 11.3. The van der Waals surface area contributed by atoms with Gasteiger partial charge in [-0.15, -0.1) is 0 Å². The minimum absolute atomic E-state index is 0.513.